The first-order valence-electron chi connectivity index (χ1n) is 8.15. The standard InChI is InChI=1S/C21H20N2/c1-3-7-18(8-4-1)21(19-9-5-2-6-10-19)23-15-20(16-23)17-11-13-22-14-12-17/h1-14,20-21H,15-16H2. The van der Waals surface area contributed by atoms with E-state index in [1.807, 2.05) is 12.4 Å². The van der Waals surface area contributed by atoms with Gasteiger partial charge in [-0.3, -0.25) is 9.88 Å². The maximum atomic E-state index is 4.12. The van der Waals surface area contributed by atoms with Crippen LogP contribution in [0.4, 0.5) is 0 Å². The second kappa shape index (κ2) is 6.35. The lowest BCUT2D eigenvalue weighted by atomic mass is 9.87. The van der Waals surface area contributed by atoms with E-state index in [2.05, 4.69) is 82.7 Å². The van der Waals surface area contributed by atoms with Crippen LogP contribution in [0.1, 0.15) is 28.7 Å². The molecule has 1 fully saturated rings. The van der Waals surface area contributed by atoms with Gasteiger partial charge in [-0.25, -0.2) is 0 Å². The van der Waals surface area contributed by atoms with Crippen LogP contribution in [-0.4, -0.2) is 23.0 Å². The molecule has 0 atom stereocenters. The van der Waals surface area contributed by atoms with E-state index in [-0.39, 0.29) is 0 Å². The highest BCUT2D eigenvalue weighted by molar-refractivity contribution is 5.33. The summed E-state index contributed by atoms with van der Waals surface area (Å²) in [6, 6.07) is 26.3. The van der Waals surface area contributed by atoms with Crippen LogP contribution in [0.3, 0.4) is 0 Å². The lowest BCUT2D eigenvalue weighted by Gasteiger charge is -2.45. The van der Waals surface area contributed by atoms with Crippen molar-refractivity contribution >= 4 is 0 Å². The fourth-order valence-electron chi connectivity index (χ4n) is 3.45. The van der Waals surface area contributed by atoms with E-state index in [4.69, 9.17) is 0 Å². The van der Waals surface area contributed by atoms with Crippen LogP contribution in [0.25, 0.3) is 0 Å². The molecule has 0 amide bonds. The van der Waals surface area contributed by atoms with E-state index >= 15 is 0 Å². The van der Waals surface area contributed by atoms with Crippen molar-refractivity contribution in [3.05, 3.63) is 102 Å². The van der Waals surface area contributed by atoms with Crippen molar-refractivity contribution in [2.45, 2.75) is 12.0 Å². The topological polar surface area (TPSA) is 16.1 Å². The number of aromatic nitrogens is 1. The average molecular weight is 300 g/mol. The van der Waals surface area contributed by atoms with Crippen molar-refractivity contribution in [3.8, 4) is 0 Å². The maximum Gasteiger partial charge on any atom is 0.0602 e. The molecule has 1 aromatic heterocycles. The fourth-order valence-corrected chi connectivity index (χ4v) is 3.45. The summed E-state index contributed by atoms with van der Waals surface area (Å²) in [5, 5.41) is 0. The van der Waals surface area contributed by atoms with Gasteiger partial charge in [0, 0.05) is 31.4 Å². The highest BCUT2D eigenvalue weighted by atomic mass is 15.2. The van der Waals surface area contributed by atoms with Gasteiger partial charge in [0.05, 0.1) is 6.04 Å². The second-order valence-corrected chi connectivity index (χ2v) is 6.16. The van der Waals surface area contributed by atoms with E-state index < -0.39 is 0 Å². The van der Waals surface area contributed by atoms with E-state index in [0.717, 1.165) is 13.1 Å². The largest absolute Gasteiger partial charge is 0.291 e. The van der Waals surface area contributed by atoms with Crippen LogP contribution in [0.15, 0.2) is 85.2 Å². The van der Waals surface area contributed by atoms with Crippen molar-refractivity contribution in [1.29, 1.82) is 0 Å². The van der Waals surface area contributed by atoms with Gasteiger partial charge in [-0.1, -0.05) is 60.7 Å². The molecule has 0 bridgehead atoms. The summed E-state index contributed by atoms with van der Waals surface area (Å²) in [4.78, 5) is 6.69. The van der Waals surface area contributed by atoms with Gasteiger partial charge >= 0.3 is 0 Å². The highest BCUT2D eigenvalue weighted by Gasteiger charge is 2.34. The third-order valence-corrected chi connectivity index (χ3v) is 4.68. The molecule has 23 heavy (non-hydrogen) atoms. The monoisotopic (exact) mass is 300 g/mol. The summed E-state index contributed by atoms with van der Waals surface area (Å²) in [6.07, 6.45) is 3.79. The van der Waals surface area contributed by atoms with Gasteiger partial charge in [0.2, 0.25) is 0 Å². The number of nitrogens with zero attached hydrogens (tertiary/aromatic N) is 2. The molecular formula is C21H20N2. The van der Waals surface area contributed by atoms with Gasteiger partial charge in [-0.15, -0.1) is 0 Å². The van der Waals surface area contributed by atoms with Crippen molar-refractivity contribution in [1.82, 2.24) is 9.88 Å². The summed E-state index contributed by atoms with van der Waals surface area (Å²) in [5.41, 5.74) is 4.13. The zero-order valence-corrected chi connectivity index (χ0v) is 13.0. The zero-order valence-electron chi connectivity index (χ0n) is 13.0. The Bertz CT molecular complexity index is 695. The first kappa shape index (κ1) is 14.2. The summed E-state index contributed by atoms with van der Waals surface area (Å²) < 4.78 is 0. The van der Waals surface area contributed by atoms with Gasteiger partial charge in [-0.2, -0.15) is 0 Å². The lowest BCUT2D eigenvalue weighted by molar-refractivity contribution is 0.111. The van der Waals surface area contributed by atoms with Gasteiger partial charge in [0.1, 0.15) is 0 Å². The molecule has 1 aliphatic heterocycles. The fraction of sp³-hybridized carbons (Fsp3) is 0.190. The van der Waals surface area contributed by atoms with Crippen LogP contribution in [0.2, 0.25) is 0 Å². The van der Waals surface area contributed by atoms with Gasteiger partial charge in [0.15, 0.2) is 0 Å². The third kappa shape index (κ3) is 2.90. The molecule has 0 N–H and O–H groups in total. The Morgan fingerprint density at radius 1 is 0.739 bits per heavy atom. The molecule has 2 heterocycles. The molecule has 1 aliphatic rings. The molecule has 0 unspecified atom stereocenters. The van der Waals surface area contributed by atoms with Crippen LogP contribution < -0.4 is 0 Å². The minimum atomic E-state index is 0.343. The summed E-state index contributed by atoms with van der Waals surface area (Å²) in [5.74, 6) is 0.618. The Morgan fingerprint density at radius 2 is 1.26 bits per heavy atom. The summed E-state index contributed by atoms with van der Waals surface area (Å²) in [7, 11) is 0. The van der Waals surface area contributed by atoms with E-state index in [9.17, 15) is 0 Å². The molecule has 3 aromatic rings. The first-order chi connectivity index (χ1) is 11.4. The number of pyridine rings is 1. The summed E-state index contributed by atoms with van der Waals surface area (Å²) in [6.45, 7) is 2.19. The summed E-state index contributed by atoms with van der Waals surface area (Å²) >= 11 is 0. The number of hydrogen-bond acceptors (Lipinski definition) is 2. The first-order valence-corrected chi connectivity index (χ1v) is 8.15. The molecular weight excluding hydrogens is 280 g/mol. The van der Waals surface area contributed by atoms with E-state index in [0.29, 0.717) is 12.0 Å². The quantitative estimate of drug-likeness (QED) is 0.715. The molecule has 4 rings (SSSR count). The molecule has 2 aromatic carbocycles. The predicted molar refractivity (Wildman–Crippen MR) is 93.3 cm³/mol. The predicted octanol–water partition coefficient (Wildman–Crippen LogP) is 4.27. The van der Waals surface area contributed by atoms with E-state index in [1.54, 1.807) is 0 Å². The number of benzene rings is 2. The Kier molecular flexibility index (Phi) is 3.91. The number of likely N-dealkylation sites (tertiary alicyclic amines) is 1. The van der Waals surface area contributed by atoms with Crippen LogP contribution in [0.5, 0.6) is 0 Å². The molecule has 1 saturated heterocycles. The molecule has 2 nitrogen and oxygen atoms in total. The minimum absolute atomic E-state index is 0.343. The van der Waals surface area contributed by atoms with Gasteiger partial charge in [0.25, 0.3) is 0 Å². The molecule has 0 saturated carbocycles. The minimum Gasteiger partial charge on any atom is -0.291 e. The molecule has 2 heteroatoms. The van der Waals surface area contributed by atoms with Crippen molar-refractivity contribution in [3.63, 3.8) is 0 Å². The number of hydrogen-bond donors (Lipinski definition) is 0. The van der Waals surface area contributed by atoms with Crippen LogP contribution in [-0.2, 0) is 0 Å². The van der Waals surface area contributed by atoms with Crippen molar-refractivity contribution in [2.24, 2.45) is 0 Å². The van der Waals surface area contributed by atoms with Crippen LogP contribution >= 0.6 is 0 Å². The second-order valence-electron chi connectivity index (χ2n) is 6.16. The highest BCUT2D eigenvalue weighted by Crippen LogP contribution is 2.37. The van der Waals surface area contributed by atoms with Crippen molar-refractivity contribution < 1.29 is 0 Å². The SMILES string of the molecule is c1ccc(C(c2ccccc2)N2CC(c3ccncc3)C2)cc1. The van der Waals surface area contributed by atoms with Crippen LogP contribution in [0, 0.1) is 0 Å². The zero-order chi connectivity index (χ0) is 15.5. The lowest BCUT2D eigenvalue weighted by Crippen LogP contribution is -2.47. The molecule has 0 radical (unpaired) electrons. The Labute approximate surface area is 137 Å². The smallest absolute Gasteiger partial charge is 0.0602 e. The molecule has 114 valence electrons. The van der Waals surface area contributed by atoms with Crippen molar-refractivity contribution in [2.75, 3.05) is 13.1 Å². The Balaban J connectivity index is 1.58. The van der Waals surface area contributed by atoms with Gasteiger partial charge in [-0.05, 0) is 28.8 Å². The normalized spacial score (nSPS) is 15.5. The molecule has 0 aliphatic carbocycles. The Morgan fingerprint density at radius 3 is 1.78 bits per heavy atom. The van der Waals surface area contributed by atoms with Gasteiger partial charge < -0.3 is 0 Å². The van der Waals surface area contributed by atoms with E-state index in [1.165, 1.54) is 16.7 Å². The Hall–Kier alpha value is -2.45. The third-order valence-electron chi connectivity index (χ3n) is 4.68. The maximum absolute atomic E-state index is 4.12. The molecule has 0 spiro atoms. The average Bonchev–Trinajstić information content (AvgIpc) is 2.60. The number of rotatable bonds is 4.